The van der Waals surface area contributed by atoms with Crippen LogP contribution < -0.4 is 10.6 Å². The van der Waals surface area contributed by atoms with E-state index in [2.05, 4.69) is 15.6 Å². The lowest BCUT2D eigenvalue weighted by atomic mass is 9.84. The van der Waals surface area contributed by atoms with Gasteiger partial charge in [0.25, 0.3) is 0 Å². The van der Waals surface area contributed by atoms with Crippen LogP contribution in [0.2, 0.25) is 0 Å². The highest BCUT2D eigenvalue weighted by atomic mass is 32.1. The summed E-state index contributed by atoms with van der Waals surface area (Å²) in [6, 6.07) is -0.145. The number of urea groups is 1. The standard InChI is InChI=1S/C15H22N4O2S/c1-9(2)16-14(21)18-15-17-11-6-7-19(8-12(11)22-15)13(20)10-4-3-5-10/h9-10H,3-8H2,1-2H3,(H2,16,17,18,21). The summed E-state index contributed by atoms with van der Waals surface area (Å²) in [7, 11) is 0. The van der Waals surface area contributed by atoms with E-state index in [0.29, 0.717) is 11.7 Å². The van der Waals surface area contributed by atoms with Crippen molar-refractivity contribution >= 4 is 28.4 Å². The number of rotatable bonds is 3. The smallest absolute Gasteiger partial charge is 0.321 e. The molecule has 6 nitrogen and oxygen atoms in total. The Morgan fingerprint density at radius 1 is 1.36 bits per heavy atom. The van der Waals surface area contributed by atoms with Crippen LogP contribution >= 0.6 is 11.3 Å². The summed E-state index contributed by atoms with van der Waals surface area (Å²) in [4.78, 5) is 31.6. The second kappa shape index (κ2) is 6.24. The highest BCUT2D eigenvalue weighted by molar-refractivity contribution is 7.15. The third-order valence-corrected chi connectivity index (χ3v) is 5.14. The molecular weight excluding hydrogens is 300 g/mol. The lowest BCUT2D eigenvalue weighted by Crippen LogP contribution is -2.41. The number of nitrogens with zero attached hydrogens (tertiary/aromatic N) is 2. The van der Waals surface area contributed by atoms with Crippen LogP contribution in [0.3, 0.4) is 0 Å². The van der Waals surface area contributed by atoms with E-state index in [-0.39, 0.29) is 23.9 Å². The summed E-state index contributed by atoms with van der Waals surface area (Å²) in [6.45, 7) is 5.20. The van der Waals surface area contributed by atoms with E-state index >= 15 is 0 Å². The molecule has 3 amide bonds. The molecule has 2 heterocycles. The van der Waals surface area contributed by atoms with Gasteiger partial charge < -0.3 is 10.2 Å². The van der Waals surface area contributed by atoms with Crippen LogP contribution in [-0.2, 0) is 17.8 Å². The van der Waals surface area contributed by atoms with E-state index in [0.717, 1.165) is 36.4 Å². The molecule has 1 saturated carbocycles. The number of thiazole rings is 1. The molecule has 7 heteroatoms. The first-order valence-electron chi connectivity index (χ1n) is 7.88. The summed E-state index contributed by atoms with van der Waals surface area (Å²) in [5.41, 5.74) is 1.02. The Kier molecular flexibility index (Phi) is 4.33. The number of fused-ring (bicyclic) bond motifs is 1. The van der Waals surface area contributed by atoms with Crippen molar-refractivity contribution < 1.29 is 9.59 Å². The summed E-state index contributed by atoms with van der Waals surface area (Å²) in [5, 5.41) is 6.17. The van der Waals surface area contributed by atoms with Gasteiger partial charge in [0.05, 0.1) is 12.2 Å². The molecule has 0 saturated heterocycles. The molecule has 0 aromatic carbocycles. The average Bonchev–Trinajstić information content (AvgIpc) is 2.76. The molecule has 0 unspecified atom stereocenters. The van der Waals surface area contributed by atoms with E-state index in [9.17, 15) is 9.59 Å². The van der Waals surface area contributed by atoms with E-state index in [4.69, 9.17) is 0 Å². The maximum absolute atomic E-state index is 12.3. The fraction of sp³-hybridized carbons (Fsp3) is 0.667. The molecule has 0 spiro atoms. The van der Waals surface area contributed by atoms with Crippen molar-refractivity contribution in [3.63, 3.8) is 0 Å². The zero-order valence-electron chi connectivity index (χ0n) is 13.0. The van der Waals surface area contributed by atoms with Crippen molar-refractivity contribution in [2.75, 3.05) is 11.9 Å². The minimum Gasteiger partial charge on any atom is -0.337 e. The van der Waals surface area contributed by atoms with Gasteiger partial charge in [0.2, 0.25) is 5.91 Å². The van der Waals surface area contributed by atoms with Crippen molar-refractivity contribution in [1.29, 1.82) is 0 Å². The molecule has 1 aliphatic heterocycles. The van der Waals surface area contributed by atoms with E-state index in [1.54, 1.807) is 0 Å². The molecule has 22 heavy (non-hydrogen) atoms. The van der Waals surface area contributed by atoms with Gasteiger partial charge in [-0.05, 0) is 26.7 Å². The molecule has 0 atom stereocenters. The average molecular weight is 322 g/mol. The Morgan fingerprint density at radius 3 is 2.77 bits per heavy atom. The van der Waals surface area contributed by atoms with Crippen molar-refractivity contribution in [2.24, 2.45) is 5.92 Å². The van der Waals surface area contributed by atoms with E-state index in [1.165, 1.54) is 17.8 Å². The van der Waals surface area contributed by atoms with Gasteiger partial charge >= 0.3 is 6.03 Å². The van der Waals surface area contributed by atoms with Gasteiger partial charge in [0.1, 0.15) is 0 Å². The van der Waals surface area contributed by atoms with Crippen LogP contribution in [0.15, 0.2) is 0 Å². The molecule has 0 radical (unpaired) electrons. The number of amides is 3. The predicted octanol–water partition coefficient (Wildman–Crippen LogP) is 2.36. The van der Waals surface area contributed by atoms with Crippen LogP contribution in [0.25, 0.3) is 0 Å². The minimum absolute atomic E-state index is 0.0881. The molecule has 2 N–H and O–H groups in total. The zero-order valence-corrected chi connectivity index (χ0v) is 13.8. The van der Waals surface area contributed by atoms with Gasteiger partial charge in [0.15, 0.2) is 5.13 Å². The van der Waals surface area contributed by atoms with Crippen LogP contribution in [-0.4, -0.2) is 34.4 Å². The second-order valence-electron chi connectivity index (χ2n) is 6.28. The van der Waals surface area contributed by atoms with Crippen LogP contribution in [0.4, 0.5) is 9.93 Å². The van der Waals surface area contributed by atoms with Crippen molar-refractivity contribution in [2.45, 2.75) is 52.1 Å². The fourth-order valence-electron chi connectivity index (χ4n) is 2.75. The molecule has 0 bridgehead atoms. The van der Waals surface area contributed by atoms with Gasteiger partial charge in [-0.1, -0.05) is 17.8 Å². The third kappa shape index (κ3) is 3.24. The zero-order chi connectivity index (χ0) is 15.7. The van der Waals surface area contributed by atoms with Crippen molar-refractivity contribution in [3.8, 4) is 0 Å². The van der Waals surface area contributed by atoms with E-state index < -0.39 is 0 Å². The topological polar surface area (TPSA) is 74.3 Å². The maximum Gasteiger partial charge on any atom is 0.321 e. The first-order chi connectivity index (χ1) is 10.5. The molecule has 2 aliphatic rings. The van der Waals surface area contributed by atoms with Gasteiger partial charge in [-0.2, -0.15) is 0 Å². The number of hydrogen-bond acceptors (Lipinski definition) is 4. The summed E-state index contributed by atoms with van der Waals surface area (Å²) in [5.74, 6) is 0.529. The molecular formula is C15H22N4O2S. The summed E-state index contributed by atoms with van der Waals surface area (Å²) < 4.78 is 0. The highest BCUT2D eigenvalue weighted by Crippen LogP contribution is 2.32. The van der Waals surface area contributed by atoms with Crippen LogP contribution in [0.1, 0.15) is 43.7 Å². The number of carbonyl (C=O) groups is 2. The molecule has 1 aromatic heterocycles. The molecule has 1 aromatic rings. The fourth-order valence-corrected chi connectivity index (χ4v) is 3.76. The lowest BCUT2D eigenvalue weighted by Gasteiger charge is -2.33. The van der Waals surface area contributed by atoms with Crippen molar-refractivity contribution in [3.05, 3.63) is 10.6 Å². The normalized spacial score (nSPS) is 17.9. The first-order valence-corrected chi connectivity index (χ1v) is 8.69. The van der Waals surface area contributed by atoms with Crippen molar-refractivity contribution in [1.82, 2.24) is 15.2 Å². The predicted molar refractivity (Wildman–Crippen MR) is 85.9 cm³/mol. The molecule has 3 rings (SSSR count). The molecule has 120 valence electrons. The Bertz CT molecular complexity index is 580. The first kappa shape index (κ1) is 15.3. The van der Waals surface area contributed by atoms with Crippen LogP contribution in [0.5, 0.6) is 0 Å². The SMILES string of the molecule is CC(C)NC(=O)Nc1nc2c(s1)CN(C(=O)C1CCC1)CC2. The Labute approximate surface area is 134 Å². The Morgan fingerprint density at radius 2 is 2.14 bits per heavy atom. The monoisotopic (exact) mass is 322 g/mol. The Balaban J connectivity index is 1.62. The number of aromatic nitrogens is 1. The summed E-state index contributed by atoms with van der Waals surface area (Å²) in [6.07, 6.45) is 4.02. The van der Waals surface area contributed by atoms with Crippen LogP contribution in [0, 0.1) is 5.92 Å². The highest BCUT2D eigenvalue weighted by Gasteiger charge is 2.32. The van der Waals surface area contributed by atoms with Gasteiger partial charge in [0, 0.05) is 29.8 Å². The lowest BCUT2D eigenvalue weighted by molar-refractivity contribution is -0.139. The number of hydrogen-bond donors (Lipinski definition) is 2. The molecule has 1 fully saturated rings. The second-order valence-corrected chi connectivity index (χ2v) is 7.36. The minimum atomic E-state index is -0.233. The quantitative estimate of drug-likeness (QED) is 0.897. The summed E-state index contributed by atoms with van der Waals surface area (Å²) >= 11 is 1.47. The van der Waals surface area contributed by atoms with Gasteiger partial charge in [-0.3, -0.25) is 10.1 Å². The molecule has 1 aliphatic carbocycles. The third-order valence-electron chi connectivity index (χ3n) is 4.14. The maximum atomic E-state index is 12.3. The number of anilines is 1. The number of carbonyl (C=O) groups excluding carboxylic acids is 2. The van der Waals surface area contributed by atoms with Gasteiger partial charge in [-0.25, -0.2) is 9.78 Å². The Hall–Kier alpha value is -1.63. The largest absolute Gasteiger partial charge is 0.337 e. The van der Waals surface area contributed by atoms with E-state index in [1.807, 2.05) is 18.7 Å². The van der Waals surface area contributed by atoms with Gasteiger partial charge in [-0.15, -0.1) is 0 Å². The number of nitrogens with one attached hydrogen (secondary N) is 2.